The summed E-state index contributed by atoms with van der Waals surface area (Å²) < 4.78 is 0. The van der Waals surface area contributed by atoms with Gasteiger partial charge in [0.2, 0.25) is 11.8 Å². The highest BCUT2D eigenvalue weighted by Crippen LogP contribution is 2.27. The summed E-state index contributed by atoms with van der Waals surface area (Å²) in [6, 6.07) is 10.6. The molecule has 0 saturated carbocycles. The molecular formula is C23H34N2O2. The fraction of sp³-hybridized carbons (Fsp3) is 0.652. The molecule has 0 N–H and O–H groups in total. The lowest BCUT2D eigenvalue weighted by Crippen LogP contribution is -2.50. The number of hydrogen-bond acceptors (Lipinski definition) is 2. The van der Waals surface area contributed by atoms with Crippen LogP contribution in [0.15, 0.2) is 30.3 Å². The average Bonchev–Trinajstić information content (AvgIpc) is 2.67. The molecule has 0 aromatic heterocycles. The van der Waals surface area contributed by atoms with Gasteiger partial charge in [-0.1, -0.05) is 51.1 Å². The molecule has 27 heavy (non-hydrogen) atoms. The van der Waals surface area contributed by atoms with Crippen molar-refractivity contribution in [3.63, 3.8) is 0 Å². The van der Waals surface area contributed by atoms with E-state index in [4.69, 9.17) is 0 Å². The first kappa shape index (κ1) is 19.9. The minimum absolute atomic E-state index is 0.0178. The van der Waals surface area contributed by atoms with Crippen molar-refractivity contribution in [1.82, 2.24) is 9.80 Å². The number of piperidine rings is 2. The Morgan fingerprint density at radius 3 is 2.26 bits per heavy atom. The van der Waals surface area contributed by atoms with Crippen LogP contribution in [-0.4, -0.2) is 47.8 Å². The zero-order valence-corrected chi connectivity index (χ0v) is 17.1. The van der Waals surface area contributed by atoms with Crippen molar-refractivity contribution in [3.8, 4) is 0 Å². The number of carbonyl (C=O) groups is 2. The van der Waals surface area contributed by atoms with Crippen LogP contribution in [0.25, 0.3) is 0 Å². The molecule has 0 spiro atoms. The molecule has 0 bridgehead atoms. The van der Waals surface area contributed by atoms with Crippen LogP contribution in [0.3, 0.4) is 0 Å². The third-order valence-corrected chi connectivity index (χ3v) is 5.99. The molecule has 2 heterocycles. The zero-order chi connectivity index (χ0) is 19.4. The highest BCUT2D eigenvalue weighted by atomic mass is 16.2. The minimum Gasteiger partial charge on any atom is -0.342 e. The lowest BCUT2D eigenvalue weighted by Gasteiger charge is -2.39. The van der Waals surface area contributed by atoms with Gasteiger partial charge in [0.25, 0.3) is 0 Å². The highest BCUT2D eigenvalue weighted by molar-refractivity contribution is 5.84. The Kier molecular flexibility index (Phi) is 6.23. The highest BCUT2D eigenvalue weighted by Gasteiger charge is 2.35. The van der Waals surface area contributed by atoms with Crippen molar-refractivity contribution in [2.75, 3.05) is 26.2 Å². The average molecular weight is 371 g/mol. The molecule has 1 unspecified atom stereocenters. The molecule has 2 amide bonds. The van der Waals surface area contributed by atoms with Crippen LogP contribution in [-0.2, 0) is 16.0 Å². The topological polar surface area (TPSA) is 40.6 Å². The van der Waals surface area contributed by atoms with Gasteiger partial charge in [-0.2, -0.15) is 0 Å². The first-order valence-corrected chi connectivity index (χ1v) is 10.5. The Morgan fingerprint density at radius 2 is 1.63 bits per heavy atom. The van der Waals surface area contributed by atoms with Crippen LogP contribution >= 0.6 is 0 Å². The fourth-order valence-corrected chi connectivity index (χ4v) is 4.40. The Labute approximate surface area is 163 Å². The molecular weight excluding hydrogens is 336 g/mol. The van der Waals surface area contributed by atoms with E-state index in [1.807, 2.05) is 25.7 Å². The summed E-state index contributed by atoms with van der Waals surface area (Å²) in [4.78, 5) is 29.6. The van der Waals surface area contributed by atoms with Gasteiger partial charge in [0.1, 0.15) is 0 Å². The monoisotopic (exact) mass is 370 g/mol. The summed E-state index contributed by atoms with van der Waals surface area (Å²) in [5.41, 5.74) is 1.02. The van der Waals surface area contributed by atoms with E-state index in [1.54, 1.807) is 0 Å². The standard InChI is InChI=1S/C23H34N2O2/c1-23(2,3)22(27)25-13-7-10-20(17-25)21(26)24-14-11-19(12-15-24)16-18-8-5-4-6-9-18/h4-6,8-9,19-20H,7,10-17H2,1-3H3. The van der Waals surface area contributed by atoms with Crippen LogP contribution in [0.1, 0.15) is 52.0 Å². The van der Waals surface area contributed by atoms with E-state index in [2.05, 4.69) is 35.2 Å². The summed E-state index contributed by atoms with van der Waals surface area (Å²) in [6.45, 7) is 8.98. The normalized spacial score (nSPS) is 22.0. The Balaban J connectivity index is 1.51. The van der Waals surface area contributed by atoms with Gasteiger partial charge in [0.15, 0.2) is 0 Å². The summed E-state index contributed by atoms with van der Waals surface area (Å²) in [5.74, 6) is 1.08. The van der Waals surface area contributed by atoms with E-state index in [0.717, 1.165) is 51.7 Å². The number of carbonyl (C=O) groups excluding carboxylic acids is 2. The lowest BCUT2D eigenvalue weighted by molar-refractivity contribution is -0.145. The molecule has 2 aliphatic rings. The largest absolute Gasteiger partial charge is 0.342 e. The van der Waals surface area contributed by atoms with Gasteiger partial charge in [-0.25, -0.2) is 0 Å². The molecule has 1 atom stereocenters. The Morgan fingerprint density at radius 1 is 0.963 bits per heavy atom. The summed E-state index contributed by atoms with van der Waals surface area (Å²) in [5, 5.41) is 0. The number of hydrogen-bond donors (Lipinski definition) is 0. The number of likely N-dealkylation sites (tertiary alicyclic amines) is 2. The molecule has 2 saturated heterocycles. The molecule has 2 fully saturated rings. The van der Waals surface area contributed by atoms with Gasteiger partial charge in [-0.15, -0.1) is 0 Å². The van der Waals surface area contributed by atoms with Crippen molar-refractivity contribution < 1.29 is 9.59 Å². The molecule has 3 rings (SSSR count). The van der Waals surface area contributed by atoms with E-state index in [-0.39, 0.29) is 23.1 Å². The number of amides is 2. The maximum Gasteiger partial charge on any atom is 0.227 e. The molecule has 1 aromatic rings. The summed E-state index contributed by atoms with van der Waals surface area (Å²) in [6.07, 6.45) is 5.12. The van der Waals surface area contributed by atoms with Crippen molar-refractivity contribution in [3.05, 3.63) is 35.9 Å². The maximum absolute atomic E-state index is 13.0. The Hall–Kier alpha value is -1.84. The van der Waals surface area contributed by atoms with Crippen LogP contribution < -0.4 is 0 Å². The van der Waals surface area contributed by atoms with Crippen LogP contribution in [0.5, 0.6) is 0 Å². The van der Waals surface area contributed by atoms with E-state index < -0.39 is 0 Å². The molecule has 2 aliphatic heterocycles. The molecule has 4 heteroatoms. The van der Waals surface area contributed by atoms with Gasteiger partial charge in [-0.05, 0) is 43.6 Å². The summed E-state index contributed by atoms with van der Waals surface area (Å²) in [7, 11) is 0. The number of benzene rings is 1. The summed E-state index contributed by atoms with van der Waals surface area (Å²) >= 11 is 0. The second-order valence-corrected chi connectivity index (χ2v) is 9.30. The third-order valence-electron chi connectivity index (χ3n) is 5.99. The van der Waals surface area contributed by atoms with Crippen LogP contribution in [0.2, 0.25) is 0 Å². The van der Waals surface area contributed by atoms with Crippen LogP contribution in [0.4, 0.5) is 0 Å². The predicted molar refractivity (Wildman–Crippen MR) is 108 cm³/mol. The molecule has 148 valence electrons. The van der Waals surface area contributed by atoms with Crippen molar-refractivity contribution in [2.24, 2.45) is 17.3 Å². The first-order chi connectivity index (χ1) is 12.8. The quantitative estimate of drug-likeness (QED) is 0.813. The van der Waals surface area contributed by atoms with E-state index in [9.17, 15) is 9.59 Å². The molecule has 1 aromatic carbocycles. The van der Waals surface area contributed by atoms with Crippen molar-refractivity contribution in [2.45, 2.75) is 52.9 Å². The maximum atomic E-state index is 13.0. The minimum atomic E-state index is -0.374. The van der Waals surface area contributed by atoms with E-state index >= 15 is 0 Å². The third kappa shape index (κ3) is 5.12. The van der Waals surface area contributed by atoms with Crippen molar-refractivity contribution >= 4 is 11.8 Å². The lowest BCUT2D eigenvalue weighted by atomic mass is 9.88. The SMILES string of the molecule is CC(C)(C)C(=O)N1CCCC(C(=O)N2CCC(Cc3ccccc3)CC2)C1. The number of nitrogens with zero attached hydrogens (tertiary/aromatic N) is 2. The fourth-order valence-electron chi connectivity index (χ4n) is 4.40. The van der Waals surface area contributed by atoms with E-state index in [0.29, 0.717) is 12.5 Å². The zero-order valence-electron chi connectivity index (χ0n) is 17.1. The molecule has 0 aliphatic carbocycles. The van der Waals surface area contributed by atoms with Crippen LogP contribution in [0, 0.1) is 17.3 Å². The van der Waals surface area contributed by atoms with Gasteiger partial charge in [0.05, 0.1) is 5.92 Å². The second kappa shape index (κ2) is 8.45. The van der Waals surface area contributed by atoms with Gasteiger partial charge in [0, 0.05) is 31.6 Å². The molecule has 0 radical (unpaired) electrons. The Bertz CT molecular complexity index is 642. The van der Waals surface area contributed by atoms with Crippen molar-refractivity contribution in [1.29, 1.82) is 0 Å². The molecule has 4 nitrogen and oxygen atoms in total. The first-order valence-electron chi connectivity index (χ1n) is 10.5. The smallest absolute Gasteiger partial charge is 0.227 e. The van der Waals surface area contributed by atoms with E-state index in [1.165, 1.54) is 5.56 Å². The van der Waals surface area contributed by atoms with Gasteiger partial charge >= 0.3 is 0 Å². The predicted octanol–water partition coefficient (Wildman–Crippen LogP) is 3.75. The van der Waals surface area contributed by atoms with Gasteiger partial charge < -0.3 is 9.80 Å². The number of rotatable bonds is 3. The van der Waals surface area contributed by atoms with Gasteiger partial charge in [-0.3, -0.25) is 9.59 Å². The second-order valence-electron chi connectivity index (χ2n) is 9.30.